The van der Waals surface area contributed by atoms with E-state index in [-0.39, 0.29) is 74.0 Å². The number of hydrogen-bond acceptors (Lipinski definition) is 14. The first-order chi connectivity index (χ1) is 37.1. The molecule has 0 unspecified atom stereocenters. The van der Waals surface area contributed by atoms with Gasteiger partial charge in [0.05, 0.1) is 58.8 Å². The number of amides is 7. The molecule has 7 N–H and O–H groups in total. The number of carbonyl (C=O) groups is 8. The van der Waals surface area contributed by atoms with Crippen molar-refractivity contribution >= 4 is 80.3 Å². The minimum absolute atomic E-state index is 0.0149. The van der Waals surface area contributed by atoms with E-state index in [9.17, 15) is 48.3 Å². The maximum absolute atomic E-state index is 15.5. The second-order valence-electron chi connectivity index (χ2n) is 20.2. The molecule has 77 heavy (non-hydrogen) atoms. The highest BCUT2D eigenvalue weighted by molar-refractivity contribution is 6.13. The van der Waals surface area contributed by atoms with Gasteiger partial charge in [0.2, 0.25) is 29.5 Å². The van der Waals surface area contributed by atoms with Crippen molar-refractivity contribution in [1.29, 1.82) is 0 Å². The summed E-state index contributed by atoms with van der Waals surface area (Å²) >= 11 is 0. The Hall–Kier alpha value is -8.11. The summed E-state index contributed by atoms with van der Waals surface area (Å²) in [5, 5.41) is 30.2. The van der Waals surface area contributed by atoms with Crippen LogP contribution in [0.4, 0.5) is 4.39 Å². The van der Waals surface area contributed by atoms with Crippen LogP contribution in [0.15, 0.2) is 59.4 Å². The number of aliphatic hydroxyl groups is 1. The van der Waals surface area contributed by atoms with Crippen molar-refractivity contribution in [3.63, 3.8) is 0 Å². The van der Waals surface area contributed by atoms with Crippen molar-refractivity contribution in [2.45, 2.75) is 108 Å². The van der Waals surface area contributed by atoms with Crippen molar-refractivity contribution in [1.82, 2.24) is 46.2 Å². The standard InChI is InChI=1S/C55H58FN9O12/c1-3-55(75)33-21-38-48-47-46-35(16-15-31-28(2)34(56)22-36(63-48)45(31)46)62-49(50(47)65(38)53(73)32(33)26-76-54(55)74)51(30-13-14-30)77-27-60-41(68)24-59-52(72)37(20-29-10-6-4-7-11-29)61-42(69)25-58-40(67)23-57-39(66)12-8-5-9-19-64-43(70)17-18-44(64)71/h4,6-7,10-11,17-18,21-22,30,35,37,51,62,75H,3,5,8-9,12-16,19-20,23-27H2,1-2H3,(H,57,66)(H,58,67)(H,59,72)(H,60,68)(H,61,69)/t35-,37-,51-,55-/m0/s1. The van der Waals surface area contributed by atoms with Crippen LogP contribution >= 0.6 is 0 Å². The number of nitrogens with one attached hydrogen (secondary N) is 6. The first kappa shape index (κ1) is 52.3. The third-order valence-electron chi connectivity index (χ3n) is 15.2. The highest BCUT2D eigenvalue weighted by atomic mass is 19.1. The molecule has 1 saturated carbocycles. The molecule has 5 aromatic rings. The van der Waals surface area contributed by atoms with E-state index in [2.05, 4.69) is 31.9 Å². The average molecular weight is 1060 g/mol. The van der Waals surface area contributed by atoms with Gasteiger partial charge in [-0.15, -0.1) is 0 Å². The van der Waals surface area contributed by atoms with Gasteiger partial charge < -0.3 is 46.5 Å². The van der Waals surface area contributed by atoms with E-state index in [4.69, 9.17) is 14.5 Å². The second kappa shape index (κ2) is 21.5. The molecule has 22 heteroatoms. The molecule has 2 aliphatic carbocycles. The number of hydrogen-bond donors (Lipinski definition) is 7. The van der Waals surface area contributed by atoms with Gasteiger partial charge in [0.15, 0.2) is 5.60 Å². The third kappa shape index (κ3) is 10.2. The fraction of sp³-hybridized carbons (Fsp3) is 0.418. The molecule has 6 heterocycles. The van der Waals surface area contributed by atoms with E-state index in [1.54, 1.807) is 50.2 Å². The number of aromatic nitrogens is 2. The minimum Gasteiger partial charge on any atom is -0.458 e. The molecule has 3 aromatic heterocycles. The van der Waals surface area contributed by atoms with Crippen molar-refractivity contribution in [3.05, 3.63) is 110 Å². The van der Waals surface area contributed by atoms with Gasteiger partial charge in [0, 0.05) is 53.9 Å². The molecule has 10 rings (SSSR count). The molecule has 3 aliphatic heterocycles. The van der Waals surface area contributed by atoms with Gasteiger partial charge in [-0.3, -0.25) is 47.7 Å². The largest absolute Gasteiger partial charge is 0.458 e. The van der Waals surface area contributed by atoms with E-state index >= 15 is 4.39 Å². The topological polar surface area (TPSA) is 285 Å². The van der Waals surface area contributed by atoms with Crippen molar-refractivity contribution in [2.24, 2.45) is 5.92 Å². The number of benzene rings is 2. The van der Waals surface area contributed by atoms with Crippen LogP contribution in [-0.4, -0.2) is 112 Å². The Morgan fingerprint density at radius 2 is 1.60 bits per heavy atom. The van der Waals surface area contributed by atoms with Gasteiger partial charge in [0.25, 0.3) is 17.4 Å². The van der Waals surface area contributed by atoms with Crippen LogP contribution in [0.5, 0.6) is 0 Å². The van der Waals surface area contributed by atoms with Crippen LogP contribution in [0.2, 0.25) is 0 Å². The van der Waals surface area contributed by atoms with Crippen LogP contribution in [0.25, 0.3) is 33.0 Å². The molecule has 5 aliphatic rings. The highest BCUT2D eigenvalue weighted by Gasteiger charge is 2.46. The molecule has 0 spiro atoms. The number of unbranched alkanes of at least 4 members (excludes halogenated alkanes) is 2. The van der Waals surface area contributed by atoms with Crippen LogP contribution in [0.3, 0.4) is 0 Å². The molecular formula is C55H58FN9O12. The normalized spacial score (nSPS) is 19.0. The zero-order chi connectivity index (χ0) is 54.3. The quantitative estimate of drug-likeness (QED) is 0.0220. The van der Waals surface area contributed by atoms with Crippen LogP contribution < -0.4 is 42.8 Å². The van der Waals surface area contributed by atoms with Crippen molar-refractivity contribution in [3.8, 4) is 0 Å². The smallest absolute Gasteiger partial charge is 0.343 e. The third-order valence-corrected chi connectivity index (χ3v) is 15.2. The number of aryl methyl sites for hydroxylation is 1. The lowest BCUT2D eigenvalue weighted by atomic mass is 9.81. The minimum atomic E-state index is -2.08. The predicted molar refractivity (Wildman–Crippen MR) is 274 cm³/mol. The zero-order valence-electron chi connectivity index (χ0n) is 42.5. The Bertz CT molecular complexity index is 3450. The summed E-state index contributed by atoms with van der Waals surface area (Å²) in [4.78, 5) is 122. The summed E-state index contributed by atoms with van der Waals surface area (Å²) in [6, 6.07) is 10.4. The van der Waals surface area contributed by atoms with Gasteiger partial charge in [-0.1, -0.05) is 43.7 Å². The molecule has 402 valence electrons. The maximum atomic E-state index is 15.5. The van der Waals surface area contributed by atoms with Gasteiger partial charge in [-0.2, -0.15) is 0 Å². The number of halogens is 1. The number of imide groups is 1. The van der Waals surface area contributed by atoms with E-state index in [0.29, 0.717) is 76.2 Å². The Morgan fingerprint density at radius 1 is 0.883 bits per heavy atom. The summed E-state index contributed by atoms with van der Waals surface area (Å²) in [7, 11) is 0. The lowest BCUT2D eigenvalue weighted by Gasteiger charge is -2.35. The first-order valence-corrected chi connectivity index (χ1v) is 26.0. The highest BCUT2D eigenvalue weighted by Crippen LogP contribution is 2.46. The van der Waals surface area contributed by atoms with Gasteiger partial charge in [-0.05, 0) is 86.1 Å². The van der Waals surface area contributed by atoms with E-state index in [1.807, 2.05) is 0 Å². The summed E-state index contributed by atoms with van der Waals surface area (Å²) in [6.45, 7) is 1.57. The molecule has 1 fully saturated rings. The SMILES string of the molecule is CC[C@@]1(O)C(=O)OCc2c1cc1c3nc4cc(F)c(C)c5c4c4c3c(n1c2=O)=C([C@@H](OCNC(=O)CNC(=O)[C@H](Cc1ccccc1)NC(=O)CNC(=O)CNC(=O)CCCCCN1C(=O)C=CC1=O)C1CC1)N[C@H]4CC5. The number of pyridine rings is 2. The predicted octanol–water partition coefficient (Wildman–Crippen LogP) is 0.951. The summed E-state index contributed by atoms with van der Waals surface area (Å²) in [6.07, 6.45) is 6.15. The number of rotatable bonds is 22. The summed E-state index contributed by atoms with van der Waals surface area (Å²) < 4.78 is 28.9. The van der Waals surface area contributed by atoms with E-state index in [0.717, 1.165) is 34.3 Å². The van der Waals surface area contributed by atoms with Gasteiger partial charge in [0.1, 0.15) is 31.3 Å². The number of cyclic esters (lactones) is 1. The monoisotopic (exact) mass is 1060 g/mol. The number of ether oxygens (including phenoxy) is 2. The van der Waals surface area contributed by atoms with Gasteiger partial charge >= 0.3 is 5.97 Å². The average Bonchev–Trinajstić information content (AvgIpc) is 4.36. The molecule has 2 aromatic carbocycles. The summed E-state index contributed by atoms with van der Waals surface area (Å²) in [5.41, 5.74) is 2.32. The Labute approximate surface area is 439 Å². The first-order valence-electron chi connectivity index (χ1n) is 26.0. The molecule has 4 atom stereocenters. The molecule has 7 amide bonds. The zero-order valence-corrected chi connectivity index (χ0v) is 42.5. The Balaban J connectivity index is 0.798. The Kier molecular flexibility index (Phi) is 14.6. The maximum Gasteiger partial charge on any atom is 0.343 e. The molecular weight excluding hydrogens is 998 g/mol. The molecule has 0 saturated heterocycles. The summed E-state index contributed by atoms with van der Waals surface area (Å²) in [5.74, 6) is -5.02. The van der Waals surface area contributed by atoms with Gasteiger partial charge in [-0.25, -0.2) is 14.2 Å². The van der Waals surface area contributed by atoms with Crippen LogP contribution in [0, 0.1) is 18.7 Å². The fourth-order valence-electron chi connectivity index (χ4n) is 11.0. The number of nitrogens with zero attached hydrogens (tertiary/aromatic N) is 3. The molecule has 0 radical (unpaired) electrons. The lowest BCUT2D eigenvalue weighted by Crippen LogP contribution is -2.52. The molecule has 21 nitrogen and oxygen atoms in total. The van der Waals surface area contributed by atoms with Crippen LogP contribution in [0.1, 0.15) is 97.7 Å². The van der Waals surface area contributed by atoms with E-state index in [1.165, 1.54) is 22.6 Å². The van der Waals surface area contributed by atoms with Crippen LogP contribution in [-0.2, 0) is 72.9 Å². The number of esters is 1. The molecule has 0 bridgehead atoms. The van der Waals surface area contributed by atoms with Crippen molar-refractivity contribution < 1.29 is 57.3 Å². The Morgan fingerprint density at radius 3 is 2.34 bits per heavy atom. The van der Waals surface area contributed by atoms with Crippen molar-refractivity contribution in [2.75, 3.05) is 32.9 Å². The lowest BCUT2D eigenvalue weighted by molar-refractivity contribution is -0.172. The van der Waals surface area contributed by atoms with E-state index < -0.39 is 84.3 Å². The fourth-order valence-corrected chi connectivity index (χ4v) is 11.0. The second-order valence-corrected chi connectivity index (χ2v) is 20.2. The number of carbonyl (C=O) groups excluding carboxylic acids is 8. The number of fused-ring (bicyclic) bond motifs is 4.